The van der Waals surface area contributed by atoms with Gasteiger partial charge in [0.1, 0.15) is 4.51 Å². The molecule has 0 aliphatic heterocycles. The summed E-state index contributed by atoms with van der Waals surface area (Å²) < 4.78 is 0.512. The van der Waals surface area contributed by atoms with Crippen molar-refractivity contribution in [2.24, 2.45) is 0 Å². The Bertz CT molecular complexity index is 449. The van der Waals surface area contributed by atoms with E-state index in [1.54, 1.807) is 0 Å². The molecule has 1 aromatic carbocycles. The van der Waals surface area contributed by atoms with Crippen LogP contribution in [0.25, 0.3) is 0 Å². The number of hydrogen-bond donors (Lipinski definition) is 0. The monoisotopic (exact) mass is 268 g/mol. The third-order valence-electron chi connectivity index (χ3n) is 3.39. The van der Waals surface area contributed by atoms with E-state index in [1.807, 2.05) is 14.0 Å². The molecule has 0 saturated heterocycles. The van der Waals surface area contributed by atoms with E-state index in [0.29, 0.717) is 4.51 Å². The van der Waals surface area contributed by atoms with Crippen molar-refractivity contribution in [3.05, 3.63) is 20.3 Å². The number of rotatable bonds is 8. The fourth-order valence-corrected chi connectivity index (χ4v) is 2.75. The van der Waals surface area contributed by atoms with Crippen LogP contribution in [0.2, 0.25) is 0 Å². The molecule has 0 atom stereocenters. The number of nitrogens with zero attached hydrogens (tertiary/aromatic N) is 2. The van der Waals surface area contributed by atoms with Crippen molar-refractivity contribution < 1.29 is 0 Å². The van der Waals surface area contributed by atoms with Gasteiger partial charge in [-0.05, 0) is 46.3 Å². The van der Waals surface area contributed by atoms with Gasteiger partial charge < -0.3 is 9.80 Å². The second kappa shape index (κ2) is 7.00. The van der Waals surface area contributed by atoms with E-state index in [-0.39, 0.29) is 5.43 Å². The predicted octanol–water partition coefficient (Wildman–Crippen LogP) is 2.52. The van der Waals surface area contributed by atoms with Crippen molar-refractivity contribution >= 4 is 17.9 Å². The summed E-state index contributed by atoms with van der Waals surface area (Å²) in [6.45, 7) is 7.34. The summed E-state index contributed by atoms with van der Waals surface area (Å²) in [5.74, 6) is 0. The minimum atomic E-state index is 0.0505. The van der Waals surface area contributed by atoms with Gasteiger partial charge in [0.15, 0.2) is 0 Å². The first-order valence-electron chi connectivity index (χ1n) is 6.68. The smallest absolute Gasteiger partial charge is 0.203 e. The van der Waals surface area contributed by atoms with Crippen LogP contribution >= 0.6 is 12.2 Å². The van der Waals surface area contributed by atoms with Gasteiger partial charge >= 0.3 is 0 Å². The van der Waals surface area contributed by atoms with E-state index in [1.165, 1.54) is 19.4 Å². The maximum Gasteiger partial charge on any atom is 0.203 e. The lowest BCUT2D eigenvalue weighted by atomic mass is 10.1. The molecule has 0 bridgehead atoms. The lowest BCUT2D eigenvalue weighted by molar-refractivity contribution is 0.327. The zero-order chi connectivity index (χ0) is 13.7. The van der Waals surface area contributed by atoms with Crippen LogP contribution in [-0.2, 0) is 0 Å². The SMILES string of the molecule is CCCN(C)CCCCN(C)c1c(C)c(=O)c1=S. The van der Waals surface area contributed by atoms with Crippen molar-refractivity contribution in [2.45, 2.75) is 33.1 Å². The molecule has 0 aliphatic carbocycles. The Morgan fingerprint density at radius 1 is 1.11 bits per heavy atom. The van der Waals surface area contributed by atoms with Crippen LogP contribution in [0.3, 0.4) is 0 Å². The normalized spacial score (nSPS) is 11.4. The van der Waals surface area contributed by atoms with Crippen LogP contribution in [0.15, 0.2) is 4.79 Å². The maximum absolute atomic E-state index is 11.3. The van der Waals surface area contributed by atoms with Gasteiger partial charge in [0, 0.05) is 19.2 Å². The van der Waals surface area contributed by atoms with Gasteiger partial charge in [0.2, 0.25) is 5.43 Å². The zero-order valence-electron chi connectivity index (χ0n) is 12.0. The molecule has 0 saturated carbocycles. The summed E-state index contributed by atoms with van der Waals surface area (Å²) in [5, 5.41) is 0. The largest absolute Gasteiger partial charge is 0.373 e. The molecule has 3 nitrogen and oxygen atoms in total. The fraction of sp³-hybridized carbons (Fsp3) is 0.714. The molecule has 0 aromatic heterocycles. The third-order valence-corrected chi connectivity index (χ3v) is 3.77. The standard InChI is InChI=1S/C14H24N2OS/c1-5-8-15(3)9-6-7-10-16(4)12-11(2)13(17)14(12)18/h5-10H2,1-4H3. The highest BCUT2D eigenvalue weighted by Gasteiger charge is 2.16. The molecule has 102 valence electrons. The van der Waals surface area contributed by atoms with E-state index in [4.69, 9.17) is 12.2 Å². The summed E-state index contributed by atoms with van der Waals surface area (Å²) in [4.78, 5) is 15.8. The van der Waals surface area contributed by atoms with E-state index in [9.17, 15) is 4.79 Å². The quantitative estimate of drug-likeness (QED) is 0.534. The average molecular weight is 268 g/mol. The first kappa shape index (κ1) is 15.3. The minimum Gasteiger partial charge on any atom is -0.373 e. The fourth-order valence-electron chi connectivity index (χ4n) is 2.29. The molecule has 0 spiro atoms. The van der Waals surface area contributed by atoms with Crippen LogP contribution in [0.1, 0.15) is 31.7 Å². The van der Waals surface area contributed by atoms with Gasteiger partial charge in [-0.25, -0.2) is 0 Å². The Hall–Kier alpha value is -0.740. The van der Waals surface area contributed by atoms with Crippen LogP contribution in [0.4, 0.5) is 5.69 Å². The third kappa shape index (κ3) is 3.62. The van der Waals surface area contributed by atoms with E-state index < -0.39 is 0 Å². The van der Waals surface area contributed by atoms with Gasteiger partial charge in [-0.3, -0.25) is 4.79 Å². The number of anilines is 1. The summed E-state index contributed by atoms with van der Waals surface area (Å²) in [6, 6.07) is 0. The second-order valence-corrected chi connectivity index (χ2v) is 5.47. The molecule has 0 N–H and O–H groups in total. The van der Waals surface area contributed by atoms with E-state index in [0.717, 1.165) is 30.8 Å². The van der Waals surface area contributed by atoms with E-state index in [2.05, 4.69) is 23.8 Å². The van der Waals surface area contributed by atoms with Crippen LogP contribution in [0.5, 0.6) is 0 Å². The molecule has 1 rings (SSSR count). The van der Waals surface area contributed by atoms with Crippen molar-refractivity contribution in [3.63, 3.8) is 0 Å². The lowest BCUT2D eigenvalue weighted by Gasteiger charge is -2.23. The predicted molar refractivity (Wildman–Crippen MR) is 80.9 cm³/mol. The first-order valence-corrected chi connectivity index (χ1v) is 7.09. The van der Waals surface area contributed by atoms with Crippen molar-refractivity contribution in [2.75, 3.05) is 38.6 Å². The van der Waals surface area contributed by atoms with Gasteiger partial charge in [-0.15, -0.1) is 0 Å². The number of hydrogen-bond acceptors (Lipinski definition) is 4. The molecule has 0 amide bonds. The van der Waals surface area contributed by atoms with Gasteiger partial charge in [0.05, 0.1) is 5.69 Å². The van der Waals surface area contributed by atoms with E-state index >= 15 is 0 Å². The average Bonchev–Trinajstić information content (AvgIpc) is 2.35. The Labute approximate surface area is 115 Å². The molecular formula is C14H24N2OS. The van der Waals surface area contributed by atoms with Crippen molar-refractivity contribution in [1.82, 2.24) is 4.90 Å². The molecule has 1 aromatic rings. The molecule has 18 heavy (non-hydrogen) atoms. The first-order chi connectivity index (χ1) is 8.49. The molecule has 0 radical (unpaired) electrons. The summed E-state index contributed by atoms with van der Waals surface area (Å²) in [6.07, 6.45) is 3.53. The highest BCUT2D eigenvalue weighted by atomic mass is 32.1. The molecule has 0 unspecified atom stereocenters. The van der Waals surface area contributed by atoms with Crippen LogP contribution in [0, 0.1) is 11.4 Å². The summed E-state index contributed by atoms with van der Waals surface area (Å²) in [7, 11) is 4.19. The lowest BCUT2D eigenvalue weighted by Crippen LogP contribution is -2.28. The summed E-state index contributed by atoms with van der Waals surface area (Å²) in [5.41, 5.74) is 1.86. The Morgan fingerprint density at radius 2 is 1.72 bits per heavy atom. The number of unbranched alkanes of at least 4 members (excludes halogenated alkanes) is 1. The van der Waals surface area contributed by atoms with Gasteiger partial charge in [-0.2, -0.15) is 0 Å². The molecule has 0 aliphatic rings. The maximum atomic E-state index is 11.3. The molecule has 0 heterocycles. The van der Waals surface area contributed by atoms with Gasteiger partial charge in [-0.1, -0.05) is 19.1 Å². The molecule has 4 heteroatoms. The van der Waals surface area contributed by atoms with Crippen LogP contribution < -0.4 is 10.3 Å². The summed E-state index contributed by atoms with van der Waals surface area (Å²) >= 11 is 5.08. The van der Waals surface area contributed by atoms with Gasteiger partial charge in [0.25, 0.3) is 0 Å². The van der Waals surface area contributed by atoms with Crippen molar-refractivity contribution in [3.8, 4) is 0 Å². The highest BCUT2D eigenvalue weighted by Crippen LogP contribution is 2.20. The topological polar surface area (TPSA) is 23.6 Å². The minimum absolute atomic E-state index is 0.0505. The van der Waals surface area contributed by atoms with Crippen molar-refractivity contribution in [1.29, 1.82) is 0 Å². The second-order valence-electron chi connectivity index (χ2n) is 5.06. The Balaban J connectivity index is 2.29. The molecule has 0 fully saturated rings. The van der Waals surface area contributed by atoms with Crippen LogP contribution in [-0.4, -0.2) is 38.6 Å². The Kier molecular flexibility index (Phi) is 5.96. The Morgan fingerprint density at radius 3 is 2.28 bits per heavy atom. The zero-order valence-corrected chi connectivity index (χ0v) is 12.8. The molecular weight excluding hydrogens is 244 g/mol. The highest BCUT2D eigenvalue weighted by molar-refractivity contribution is 7.71.